The Balaban J connectivity index is 1.84. The quantitative estimate of drug-likeness (QED) is 0.292. The van der Waals surface area contributed by atoms with Gasteiger partial charge in [0.2, 0.25) is 5.91 Å². The lowest BCUT2D eigenvalue weighted by Gasteiger charge is -2.14. The minimum Gasteiger partial charge on any atom is -0.319 e. The van der Waals surface area contributed by atoms with Crippen LogP contribution >= 0.6 is 23.1 Å². The number of rotatable bonds is 6. The number of amides is 1. The normalized spacial score (nSPS) is 12.1. The van der Waals surface area contributed by atoms with E-state index in [1.165, 1.54) is 34.1 Å². The maximum atomic E-state index is 12.5. The zero-order valence-electron chi connectivity index (χ0n) is 14.5. The summed E-state index contributed by atoms with van der Waals surface area (Å²) in [7, 11) is 0. The molecule has 8 nitrogen and oxygen atoms in total. The van der Waals surface area contributed by atoms with Crippen molar-refractivity contribution in [2.75, 3.05) is 5.32 Å². The highest BCUT2D eigenvalue weighted by Gasteiger charge is 2.22. The van der Waals surface area contributed by atoms with Gasteiger partial charge in [-0.1, -0.05) is 23.9 Å². The second-order valence-electron chi connectivity index (χ2n) is 5.60. The second-order valence-corrected chi connectivity index (χ2v) is 7.83. The Morgan fingerprint density at radius 3 is 2.85 bits per heavy atom. The topological polar surface area (TPSA) is 107 Å². The average molecular weight is 404 g/mol. The number of hydrogen-bond donors (Lipinski definition) is 1. The van der Waals surface area contributed by atoms with Crippen LogP contribution in [0.2, 0.25) is 0 Å². The third-order valence-electron chi connectivity index (χ3n) is 3.86. The van der Waals surface area contributed by atoms with Crippen molar-refractivity contribution in [3.05, 3.63) is 56.2 Å². The summed E-state index contributed by atoms with van der Waals surface area (Å²) in [5.41, 5.74) is 0.426. The van der Waals surface area contributed by atoms with Gasteiger partial charge in [0.1, 0.15) is 10.4 Å². The fourth-order valence-corrected chi connectivity index (χ4v) is 4.23. The second kappa shape index (κ2) is 7.89. The average Bonchev–Trinajstić information content (AvgIpc) is 3.11. The highest BCUT2D eigenvalue weighted by molar-refractivity contribution is 8.00. The molecule has 1 atom stereocenters. The zero-order chi connectivity index (χ0) is 19.6. The van der Waals surface area contributed by atoms with Crippen LogP contribution in [0.25, 0.3) is 10.2 Å². The number of fused-ring (bicyclic) bond motifs is 1. The molecule has 0 radical (unpaired) electrons. The number of nitrogens with one attached hydrogen (secondary N) is 1. The van der Waals surface area contributed by atoms with Gasteiger partial charge in [0.15, 0.2) is 5.16 Å². The smallest absolute Gasteiger partial charge is 0.292 e. The van der Waals surface area contributed by atoms with E-state index in [1.807, 2.05) is 6.92 Å². The van der Waals surface area contributed by atoms with Crippen molar-refractivity contribution in [1.29, 1.82) is 0 Å². The number of para-hydroxylation sites is 2. The molecule has 3 rings (SSSR count). The number of anilines is 1. The van der Waals surface area contributed by atoms with Crippen LogP contribution < -0.4 is 10.9 Å². The Kier molecular flexibility index (Phi) is 5.57. The van der Waals surface area contributed by atoms with Gasteiger partial charge in [-0.05, 0) is 31.4 Å². The Morgan fingerprint density at radius 1 is 1.41 bits per heavy atom. The zero-order valence-corrected chi connectivity index (χ0v) is 16.2. The van der Waals surface area contributed by atoms with Gasteiger partial charge in [0.25, 0.3) is 11.2 Å². The van der Waals surface area contributed by atoms with Crippen molar-refractivity contribution in [2.24, 2.45) is 0 Å². The van der Waals surface area contributed by atoms with Crippen LogP contribution in [0.1, 0.15) is 13.8 Å². The Labute approximate surface area is 162 Å². The number of carbonyl (C=O) groups excluding carboxylic acids is 1. The molecule has 27 heavy (non-hydrogen) atoms. The van der Waals surface area contributed by atoms with Gasteiger partial charge in [-0.3, -0.25) is 24.3 Å². The van der Waals surface area contributed by atoms with Crippen LogP contribution in [0.4, 0.5) is 11.4 Å². The van der Waals surface area contributed by atoms with E-state index in [1.54, 1.807) is 24.4 Å². The van der Waals surface area contributed by atoms with E-state index >= 15 is 0 Å². The first kappa shape index (κ1) is 19.1. The predicted molar refractivity (Wildman–Crippen MR) is 107 cm³/mol. The monoisotopic (exact) mass is 404 g/mol. The molecule has 0 aliphatic rings. The molecule has 1 aromatic carbocycles. The summed E-state index contributed by atoms with van der Waals surface area (Å²) in [6, 6.07) is 7.72. The van der Waals surface area contributed by atoms with Crippen LogP contribution in [0, 0.1) is 10.1 Å². The molecule has 0 spiro atoms. The molecule has 1 N–H and O–H groups in total. The standard InChI is InChI=1S/C17H16N4O4S2/c1-3-20-16(23)14-12(8-9-26-14)19-17(20)27-10(2)15(22)18-11-6-4-5-7-13(11)21(24)25/h4-10H,3H2,1-2H3,(H,18,22). The van der Waals surface area contributed by atoms with E-state index < -0.39 is 16.1 Å². The molecule has 0 aliphatic carbocycles. The Morgan fingerprint density at radius 2 is 2.15 bits per heavy atom. The van der Waals surface area contributed by atoms with Crippen LogP contribution in [-0.4, -0.2) is 25.6 Å². The van der Waals surface area contributed by atoms with Gasteiger partial charge in [-0.15, -0.1) is 11.3 Å². The summed E-state index contributed by atoms with van der Waals surface area (Å²) < 4.78 is 2.11. The summed E-state index contributed by atoms with van der Waals surface area (Å²) in [5, 5.41) is 15.3. The molecule has 10 heteroatoms. The molecule has 2 aromatic heterocycles. The van der Waals surface area contributed by atoms with Crippen molar-refractivity contribution < 1.29 is 9.72 Å². The predicted octanol–water partition coefficient (Wildman–Crippen LogP) is 3.51. The molecule has 140 valence electrons. The molecule has 0 aliphatic heterocycles. The van der Waals surface area contributed by atoms with Crippen molar-refractivity contribution >= 4 is 50.6 Å². The van der Waals surface area contributed by atoms with Crippen LogP contribution in [-0.2, 0) is 11.3 Å². The lowest BCUT2D eigenvalue weighted by atomic mass is 10.2. The fourth-order valence-electron chi connectivity index (χ4n) is 2.48. The van der Waals surface area contributed by atoms with E-state index in [4.69, 9.17) is 0 Å². The van der Waals surface area contributed by atoms with Gasteiger partial charge < -0.3 is 5.32 Å². The number of carbonyl (C=O) groups is 1. The first-order chi connectivity index (χ1) is 12.9. The van der Waals surface area contributed by atoms with Gasteiger partial charge in [0, 0.05) is 12.6 Å². The molecule has 1 amide bonds. The molecular weight excluding hydrogens is 388 g/mol. The number of thiophene rings is 1. The molecule has 0 saturated carbocycles. The fraction of sp³-hybridized carbons (Fsp3) is 0.235. The van der Waals surface area contributed by atoms with E-state index in [2.05, 4.69) is 10.3 Å². The molecule has 0 fully saturated rings. The number of nitro benzene ring substituents is 1. The summed E-state index contributed by atoms with van der Waals surface area (Å²) in [5.74, 6) is -0.406. The van der Waals surface area contributed by atoms with Crippen molar-refractivity contribution in [2.45, 2.75) is 30.8 Å². The maximum Gasteiger partial charge on any atom is 0.292 e. The van der Waals surface area contributed by atoms with E-state index in [0.29, 0.717) is 21.9 Å². The van der Waals surface area contributed by atoms with Gasteiger partial charge in [0.05, 0.1) is 15.7 Å². The van der Waals surface area contributed by atoms with E-state index in [0.717, 1.165) is 11.8 Å². The first-order valence-electron chi connectivity index (χ1n) is 8.11. The summed E-state index contributed by atoms with van der Waals surface area (Å²) >= 11 is 2.48. The van der Waals surface area contributed by atoms with Crippen LogP contribution in [0.3, 0.4) is 0 Å². The molecule has 2 heterocycles. The van der Waals surface area contributed by atoms with Crippen molar-refractivity contribution in [3.8, 4) is 0 Å². The number of benzene rings is 1. The van der Waals surface area contributed by atoms with Gasteiger partial charge in [-0.2, -0.15) is 0 Å². The lowest BCUT2D eigenvalue weighted by Crippen LogP contribution is -2.26. The van der Waals surface area contributed by atoms with E-state index in [9.17, 15) is 19.7 Å². The van der Waals surface area contributed by atoms with Crippen molar-refractivity contribution in [1.82, 2.24) is 9.55 Å². The Hall–Kier alpha value is -2.72. The number of aromatic nitrogens is 2. The summed E-state index contributed by atoms with van der Waals surface area (Å²) in [4.78, 5) is 40.1. The molecule has 1 unspecified atom stereocenters. The SMILES string of the molecule is CCn1c(SC(C)C(=O)Nc2ccccc2[N+](=O)[O-])nc2ccsc2c1=O. The number of nitrogens with zero attached hydrogens (tertiary/aromatic N) is 3. The third kappa shape index (κ3) is 3.86. The number of nitro groups is 1. The number of hydrogen-bond acceptors (Lipinski definition) is 7. The van der Waals surface area contributed by atoms with Gasteiger partial charge in [-0.25, -0.2) is 4.98 Å². The highest BCUT2D eigenvalue weighted by Crippen LogP contribution is 2.27. The van der Waals surface area contributed by atoms with Gasteiger partial charge >= 0.3 is 0 Å². The maximum absolute atomic E-state index is 12.5. The van der Waals surface area contributed by atoms with E-state index in [-0.39, 0.29) is 16.9 Å². The molecular formula is C17H16N4O4S2. The third-order valence-corrected chi connectivity index (χ3v) is 5.84. The Bertz CT molecular complexity index is 1080. The van der Waals surface area contributed by atoms with Crippen LogP contribution in [0.15, 0.2) is 45.7 Å². The first-order valence-corrected chi connectivity index (χ1v) is 9.87. The molecule has 0 saturated heterocycles. The number of thioether (sulfide) groups is 1. The minimum absolute atomic E-state index is 0.133. The summed E-state index contributed by atoms with van der Waals surface area (Å²) in [6.07, 6.45) is 0. The van der Waals surface area contributed by atoms with Crippen molar-refractivity contribution in [3.63, 3.8) is 0 Å². The molecule has 0 bridgehead atoms. The van der Waals surface area contributed by atoms with Crippen LogP contribution in [0.5, 0.6) is 0 Å². The largest absolute Gasteiger partial charge is 0.319 e. The molecule has 3 aromatic rings. The lowest BCUT2D eigenvalue weighted by molar-refractivity contribution is -0.383. The summed E-state index contributed by atoms with van der Waals surface area (Å²) in [6.45, 7) is 3.93. The highest BCUT2D eigenvalue weighted by atomic mass is 32.2. The minimum atomic E-state index is -0.606.